The second-order valence-corrected chi connectivity index (χ2v) is 3.00. The number of halogens is 4. The van der Waals surface area contributed by atoms with Crippen molar-refractivity contribution in [3.8, 4) is 5.75 Å². The summed E-state index contributed by atoms with van der Waals surface area (Å²) in [7, 11) is 0. The van der Waals surface area contributed by atoms with Crippen molar-refractivity contribution in [3.63, 3.8) is 0 Å². The van der Waals surface area contributed by atoms with Crippen LogP contribution in [0.1, 0.15) is 11.1 Å². The Morgan fingerprint density at radius 3 is 2.31 bits per heavy atom. The maximum absolute atomic E-state index is 12.3. The molecule has 0 atom stereocenters. The van der Waals surface area contributed by atoms with Crippen molar-refractivity contribution < 1.29 is 18.3 Å². The van der Waals surface area contributed by atoms with Crippen LogP contribution in [0.4, 0.5) is 13.2 Å². The van der Waals surface area contributed by atoms with E-state index in [1.807, 2.05) is 0 Å². The first kappa shape index (κ1) is 10.4. The molecule has 0 bridgehead atoms. The van der Waals surface area contributed by atoms with E-state index < -0.39 is 11.7 Å². The topological polar surface area (TPSA) is 20.2 Å². The van der Waals surface area contributed by atoms with Gasteiger partial charge in [0.2, 0.25) is 0 Å². The molecule has 0 saturated heterocycles. The lowest BCUT2D eigenvalue weighted by molar-refractivity contribution is -0.138. The Balaban J connectivity index is 3.29. The quantitative estimate of drug-likeness (QED) is 0.763. The number of phenolic OH excluding ortho intramolecular Hbond substituents is 1. The van der Waals surface area contributed by atoms with Gasteiger partial charge >= 0.3 is 6.18 Å². The van der Waals surface area contributed by atoms with Crippen LogP contribution >= 0.6 is 15.9 Å². The number of benzene rings is 1. The Hall–Kier alpha value is -0.710. The van der Waals surface area contributed by atoms with Crippen molar-refractivity contribution >= 4 is 15.9 Å². The van der Waals surface area contributed by atoms with Crippen molar-refractivity contribution in [3.05, 3.63) is 29.3 Å². The van der Waals surface area contributed by atoms with Gasteiger partial charge in [-0.2, -0.15) is 13.2 Å². The zero-order valence-electron chi connectivity index (χ0n) is 6.40. The van der Waals surface area contributed by atoms with E-state index in [2.05, 4.69) is 15.9 Å². The van der Waals surface area contributed by atoms with Crippen molar-refractivity contribution in [2.24, 2.45) is 0 Å². The molecule has 1 N–H and O–H groups in total. The molecule has 0 amide bonds. The van der Waals surface area contributed by atoms with Crippen LogP contribution in [0.25, 0.3) is 0 Å². The molecule has 0 heterocycles. The summed E-state index contributed by atoms with van der Waals surface area (Å²) in [6, 6.07) is 3.34. The third-order valence-electron chi connectivity index (χ3n) is 1.59. The molecular formula is C8H6BrF3O. The maximum Gasteiger partial charge on any atom is 0.416 e. The van der Waals surface area contributed by atoms with Gasteiger partial charge in [-0.1, -0.05) is 22.0 Å². The summed E-state index contributed by atoms with van der Waals surface area (Å²) in [5.74, 6) is -0.341. The third-order valence-corrected chi connectivity index (χ3v) is 2.15. The molecule has 13 heavy (non-hydrogen) atoms. The molecule has 0 fully saturated rings. The van der Waals surface area contributed by atoms with Crippen molar-refractivity contribution in [1.82, 2.24) is 0 Å². The number of hydrogen-bond donors (Lipinski definition) is 1. The fraction of sp³-hybridized carbons (Fsp3) is 0.250. The monoisotopic (exact) mass is 254 g/mol. The summed E-state index contributed by atoms with van der Waals surface area (Å²) in [4.78, 5) is 0. The zero-order valence-corrected chi connectivity index (χ0v) is 7.98. The van der Waals surface area contributed by atoms with Crippen molar-refractivity contribution in [2.45, 2.75) is 11.5 Å². The summed E-state index contributed by atoms with van der Waals surface area (Å²) in [5, 5.41) is 9.11. The lowest BCUT2D eigenvalue weighted by atomic mass is 10.1. The summed E-state index contributed by atoms with van der Waals surface area (Å²) >= 11 is 2.89. The predicted molar refractivity (Wildman–Crippen MR) is 45.7 cm³/mol. The van der Waals surface area contributed by atoms with Gasteiger partial charge in [-0.05, 0) is 12.1 Å². The Bertz CT molecular complexity index is 309. The van der Waals surface area contributed by atoms with Gasteiger partial charge in [0, 0.05) is 10.9 Å². The number of aromatic hydroxyl groups is 1. The van der Waals surface area contributed by atoms with E-state index in [1.54, 1.807) is 0 Å². The van der Waals surface area contributed by atoms with E-state index in [9.17, 15) is 13.2 Å². The van der Waals surface area contributed by atoms with E-state index >= 15 is 0 Å². The fourth-order valence-corrected chi connectivity index (χ4v) is 1.57. The van der Waals surface area contributed by atoms with Crippen LogP contribution in [0.5, 0.6) is 5.75 Å². The molecule has 1 aromatic carbocycles. The van der Waals surface area contributed by atoms with Crippen molar-refractivity contribution in [2.75, 3.05) is 0 Å². The molecule has 1 aromatic rings. The van der Waals surface area contributed by atoms with E-state index in [-0.39, 0.29) is 16.6 Å². The molecule has 0 aliphatic rings. The summed E-state index contributed by atoms with van der Waals surface area (Å²) in [6.07, 6.45) is -4.41. The zero-order chi connectivity index (χ0) is 10.1. The first-order valence-corrected chi connectivity index (χ1v) is 4.53. The minimum absolute atomic E-state index is 0.0193. The lowest BCUT2D eigenvalue weighted by Gasteiger charge is -2.11. The van der Waals surface area contributed by atoms with Crippen LogP contribution in [0.3, 0.4) is 0 Å². The van der Waals surface area contributed by atoms with E-state index in [4.69, 9.17) is 5.11 Å². The highest BCUT2D eigenvalue weighted by atomic mass is 79.9. The van der Waals surface area contributed by atoms with Crippen LogP contribution < -0.4 is 0 Å². The van der Waals surface area contributed by atoms with E-state index in [0.29, 0.717) is 0 Å². The third kappa shape index (κ3) is 2.15. The maximum atomic E-state index is 12.3. The highest BCUT2D eigenvalue weighted by Crippen LogP contribution is 2.36. The molecule has 0 aliphatic carbocycles. The first-order chi connectivity index (χ1) is 5.96. The Kier molecular flexibility index (Phi) is 2.85. The smallest absolute Gasteiger partial charge is 0.416 e. The second kappa shape index (κ2) is 3.57. The molecule has 0 unspecified atom stereocenters. The Morgan fingerprint density at radius 2 is 1.92 bits per heavy atom. The van der Waals surface area contributed by atoms with Crippen LogP contribution in [0.15, 0.2) is 18.2 Å². The number of alkyl halides is 4. The number of phenols is 1. The van der Waals surface area contributed by atoms with Crippen LogP contribution in [-0.4, -0.2) is 5.11 Å². The normalized spacial score (nSPS) is 11.7. The van der Waals surface area contributed by atoms with E-state index in [0.717, 1.165) is 6.07 Å². The minimum atomic E-state index is -4.41. The van der Waals surface area contributed by atoms with Gasteiger partial charge in [-0.25, -0.2) is 0 Å². The predicted octanol–water partition coefficient (Wildman–Crippen LogP) is 3.31. The first-order valence-electron chi connectivity index (χ1n) is 3.41. The summed E-state index contributed by atoms with van der Waals surface area (Å²) in [5.41, 5.74) is -0.931. The van der Waals surface area contributed by atoms with Gasteiger partial charge in [0.25, 0.3) is 0 Å². The van der Waals surface area contributed by atoms with Gasteiger partial charge in [-0.15, -0.1) is 0 Å². The van der Waals surface area contributed by atoms with Gasteiger partial charge in [0.15, 0.2) is 0 Å². The SMILES string of the molecule is Oc1cccc(C(F)(F)F)c1CBr. The molecule has 1 nitrogen and oxygen atoms in total. The van der Waals surface area contributed by atoms with Gasteiger partial charge < -0.3 is 5.11 Å². The van der Waals surface area contributed by atoms with Gasteiger partial charge in [0.05, 0.1) is 5.56 Å². The van der Waals surface area contributed by atoms with Crippen molar-refractivity contribution in [1.29, 1.82) is 0 Å². The fourth-order valence-electron chi connectivity index (χ4n) is 0.981. The van der Waals surface area contributed by atoms with Crippen LogP contribution in [0, 0.1) is 0 Å². The molecule has 0 aliphatic heterocycles. The largest absolute Gasteiger partial charge is 0.508 e. The van der Waals surface area contributed by atoms with Gasteiger partial charge in [-0.3, -0.25) is 0 Å². The average Bonchev–Trinajstić information content (AvgIpc) is 2.02. The number of hydrogen-bond acceptors (Lipinski definition) is 1. The summed E-state index contributed by atoms with van der Waals surface area (Å²) in [6.45, 7) is 0. The molecule has 0 saturated carbocycles. The molecule has 0 aromatic heterocycles. The summed E-state index contributed by atoms with van der Waals surface area (Å²) < 4.78 is 36.9. The standard InChI is InChI=1S/C8H6BrF3O/c9-4-5-6(8(10,11)12)2-1-3-7(5)13/h1-3,13H,4H2. The van der Waals surface area contributed by atoms with Crippen LogP contribution in [-0.2, 0) is 11.5 Å². The highest BCUT2D eigenvalue weighted by Gasteiger charge is 2.33. The molecule has 5 heteroatoms. The Morgan fingerprint density at radius 1 is 1.31 bits per heavy atom. The molecule has 72 valence electrons. The molecule has 1 rings (SSSR count). The lowest BCUT2D eigenvalue weighted by Crippen LogP contribution is -2.08. The van der Waals surface area contributed by atoms with E-state index in [1.165, 1.54) is 12.1 Å². The Labute approximate surface area is 81.3 Å². The van der Waals surface area contributed by atoms with Gasteiger partial charge in [0.1, 0.15) is 5.75 Å². The number of rotatable bonds is 1. The molecule has 0 spiro atoms. The molecule has 0 radical (unpaired) electrons. The second-order valence-electron chi connectivity index (χ2n) is 2.43. The average molecular weight is 255 g/mol. The van der Waals surface area contributed by atoms with Crippen LogP contribution in [0.2, 0.25) is 0 Å². The minimum Gasteiger partial charge on any atom is -0.508 e. The highest BCUT2D eigenvalue weighted by molar-refractivity contribution is 9.08. The molecular weight excluding hydrogens is 249 g/mol.